The molecule has 0 radical (unpaired) electrons. The Bertz CT molecular complexity index is 810. The summed E-state index contributed by atoms with van der Waals surface area (Å²) >= 11 is 0. The van der Waals surface area contributed by atoms with Crippen molar-refractivity contribution in [3.63, 3.8) is 0 Å². The van der Waals surface area contributed by atoms with Crippen LogP contribution in [0.4, 0.5) is 16.6 Å². The lowest BCUT2D eigenvalue weighted by atomic mass is 9.85. The Kier molecular flexibility index (Phi) is 8.46. The van der Waals surface area contributed by atoms with Crippen molar-refractivity contribution >= 4 is 17.9 Å². The van der Waals surface area contributed by atoms with E-state index in [1.54, 1.807) is 6.20 Å². The van der Waals surface area contributed by atoms with Crippen LogP contribution in [-0.2, 0) is 11.3 Å². The minimum Gasteiger partial charge on any atom is -0.465 e. The average Bonchev–Trinajstić information content (AvgIpc) is 2.78. The molecule has 1 aliphatic rings. The highest BCUT2D eigenvalue weighted by molar-refractivity contribution is 5.64. The topological polar surface area (TPSA) is 90.8 Å². The van der Waals surface area contributed by atoms with E-state index in [-0.39, 0.29) is 0 Å². The van der Waals surface area contributed by atoms with E-state index in [2.05, 4.69) is 15.3 Å². The zero-order valence-electron chi connectivity index (χ0n) is 18.4. The molecular formula is C23H33N5O3. The minimum absolute atomic E-state index is 0.321. The highest BCUT2D eigenvalue weighted by Crippen LogP contribution is 2.27. The third-order valence-corrected chi connectivity index (χ3v) is 5.65. The molecule has 2 N–H and O–H groups in total. The number of ether oxygens (including phenoxy) is 1. The average molecular weight is 428 g/mol. The van der Waals surface area contributed by atoms with E-state index in [0.29, 0.717) is 44.2 Å². The molecule has 1 saturated carbocycles. The summed E-state index contributed by atoms with van der Waals surface area (Å²) in [7, 11) is 3.91. The van der Waals surface area contributed by atoms with Gasteiger partial charge in [-0.1, -0.05) is 30.3 Å². The number of rotatable bonds is 10. The van der Waals surface area contributed by atoms with Gasteiger partial charge in [0.25, 0.3) is 0 Å². The molecule has 0 saturated heterocycles. The first-order valence-corrected chi connectivity index (χ1v) is 10.9. The number of carbonyl (C=O) groups is 1. The Morgan fingerprint density at radius 1 is 1.16 bits per heavy atom. The van der Waals surface area contributed by atoms with Crippen molar-refractivity contribution in [2.24, 2.45) is 5.92 Å². The van der Waals surface area contributed by atoms with Gasteiger partial charge in [-0.3, -0.25) is 0 Å². The van der Waals surface area contributed by atoms with Gasteiger partial charge >= 0.3 is 6.09 Å². The lowest BCUT2D eigenvalue weighted by molar-refractivity contribution is 0.0780. The summed E-state index contributed by atoms with van der Waals surface area (Å²) in [6, 6.07) is 12.1. The van der Waals surface area contributed by atoms with Crippen LogP contribution in [0.25, 0.3) is 0 Å². The molecule has 0 unspecified atom stereocenters. The Morgan fingerprint density at radius 2 is 1.90 bits per heavy atom. The first-order chi connectivity index (χ1) is 15.0. The number of carboxylic acid groups (broad SMARTS) is 1. The molecule has 1 heterocycles. The molecule has 168 valence electrons. The molecule has 0 spiro atoms. The molecular weight excluding hydrogens is 394 g/mol. The smallest absolute Gasteiger partial charge is 0.407 e. The summed E-state index contributed by atoms with van der Waals surface area (Å²) in [5.41, 5.74) is 1.09. The number of benzene rings is 1. The molecule has 1 aliphatic carbocycles. The summed E-state index contributed by atoms with van der Waals surface area (Å²) in [5, 5.41) is 13.0. The number of hydrogen-bond donors (Lipinski definition) is 2. The first-order valence-electron chi connectivity index (χ1n) is 10.9. The number of nitrogens with one attached hydrogen (secondary N) is 1. The van der Waals surface area contributed by atoms with Gasteiger partial charge in [-0.15, -0.1) is 0 Å². The van der Waals surface area contributed by atoms with Crippen molar-refractivity contribution in [2.45, 2.75) is 38.3 Å². The second-order valence-electron chi connectivity index (χ2n) is 8.26. The van der Waals surface area contributed by atoms with Gasteiger partial charge in [-0.25, -0.2) is 9.78 Å². The van der Waals surface area contributed by atoms with E-state index in [4.69, 9.17) is 4.74 Å². The Balaban J connectivity index is 1.39. The maximum atomic E-state index is 11.7. The van der Waals surface area contributed by atoms with Gasteiger partial charge in [0.2, 0.25) is 5.95 Å². The minimum atomic E-state index is -0.877. The fourth-order valence-electron chi connectivity index (χ4n) is 3.86. The summed E-state index contributed by atoms with van der Waals surface area (Å²) in [6.45, 7) is 1.86. The van der Waals surface area contributed by atoms with Crippen LogP contribution in [0.5, 0.6) is 0 Å². The van der Waals surface area contributed by atoms with Crippen LogP contribution in [0.1, 0.15) is 31.2 Å². The molecule has 31 heavy (non-hydrogen) atoms. The molecule has 2 aromatic rings. The maximum Gasteiger partial charge on any atom is 0.407 e. The molecule has 8 heteroatoms. The standard InChI is InChI=1S/C23H33N5O3/c1-27(2)21-12-13-24-22(26-21)25-20-10-8-18(9-11-20)16-28(23(29)30)14-15-31-17-19-6-4-3-5-7-19/h3-7,12-13,18,20H,8-11,14-17H2,1-2H3,(H,29,30)(H,24,25,26). The molecule has 8 nitrogen and oxygen atoms in total. The predicted molar refractivity (Wildman–Crippen MR) is 121 cm³/mol. The third-order valence-electron chi connectivity index (χ3n) is 5.65. The SMILES string of the molecule is CN(C)c1ccnc(NC2CCC(CN(CCOCc3ccccc3)C(=O)O)CC2)n1. The second-order valence-corrected chi connectivity index (χ2v) is 8.26. The van der Waals surface area contributed by atoms with E-state index in [1.807, 2.05) is 55.4 Å². The third kappa shape index (κ3) is 7.40. The molecule has 0 aliphatic heterocycles. The highest BCUT2D eigenvalue weighted by Gasteiger charge is 2.25. The second kappa shape index (κ2) is 11.5. The predicted octanol–water partition coefficient (Wildman–Crippen LogP) is 3.71. The number of nitrogens with zero attached hydrogens (tertiary/aromatic N) is 4. The lowest BCUT2D eigenvalue weighted by Crippen LogP contribution is -2.39. The molecule has 0 bridgehead atoms. The van der Waals surface area contributed by atoms with Gasteiger partial charge in [0, 0.05) is 39.4 Å². The van der Waals surface area contributed by atoms with Crippen molar-refractivity contribution in [1.29, 1.82) is 0 Å². The molecule has 1 aromatic carbocycles. The van der Waals surface area contributed by atoms with Crippen LogP contribution < -0.4 is 10.2 Å². The van der Waals surface area contributed by atoms with E-state index in [9.17, 15) is 9.90 Å². The van der Waals surface area contributed by atoms with E-state index in [0.717, 1.165) is 37.1 Å². The monoisotopic (exact) mass is 427 g/mol. The van der Waals surface area contributed by atoms with E-state index >= 15 is 0 Å². The normalized spacial score (nSPS) is 18.4. The van der Waals surface area contributed by atoms with Gasteiger partial charge < -0.3 is 25.0 Å². The van der Waals surface area contributed by atoms with Gasteiger partial charge in [0.1, 0.15) is 5.82 Å². The van der Waals surface area contributed by atoms with Crippen LogP contribution >= 0.6 is 0 Å². The summed E-state index contributed by atoms with van der Waals surface area (Å²) in [6.07, 6.45) is 4.83. The zero-order chi connectivity index (χ0) is 22.1. The Hall–Kier alpha value is -2.87. The maximum absolute atomic E-state index is 11.7. The molecule has 1 fully saturated rings. The fourth-order valence-corrected chi connectivity index (χ4v) is 3.86. The number of aromatic nitrogens is 2. The number of amides is 1. The largest absolute Gasteiger partial charge is 0.465 e. The van der Waals surface area contributed by atoms with Crippen LogP contribution in [0, 0.1) is 5.92 Å². The summed E-state index contributed by atoms with van der Waals surface area (Å²) in [5.74, 6) is 1.90. The van der Waals surface area contributed by atoms with Gasteiger partial charge in [0.15, 0.2) is 0 Å². The van der Waals surface area contributed by atoms with Gasteiger partial charge in [-0.2, -0.15) is 4.98 Å². The molecule has 1 amide bonds. The fraction of sp³-hybridized carbons (Fsp3) is 0.522. The van der Waals surface area contributed by atoms with Crippen LogP contribution in [0.3, 0.4) is 0 Å². The van der Waals surface area contributed by atoms with Gasteiger partial charge in [-0.05, 0) is 43.2 Å². The van der Waals surface area contributed by atoms with Crippen LogP contribution in [0.15, 0.2) is 42.6 Å². The highest BCUT2D eigenvalue weighted by atomic mass is 16.5. The Labute approximate surface area is 184 Å². The number of hydrogen-bond acceptors (Lipinski definition) is 6. The zero-order valence-corrected chi connectivity index (χ0v) is 18.4. The molecule has 0 atom stereocenters. The van der Waals surface area contributed by atoms with E-state index < -0.39 is 6.09 Å². The van der Waals surface area contributed by atoms with Crippen molar-refractivity contribution in [3.8, 4) is 0 Å². The van der Waals surface area contributed by atoms with Crippen molar-refractivity contribution in [2.75, 3.05) is 44.0 Å². The first kappa shape index (κ1) is 22.8. The van der Waals surface area contributed by atoms with Gasteiger partial charge in [0.05, 0.1) is 13.2 Å². The Morgan fingerprint density at radius 3 is 2.58 bits per heavy atom. The molecule has 3 rings (SSSR count). The number of anilines is 2. The van der Waals surface area contributed by atoms with Crippen LogP contribution in [-0.4, -0.2) is 65.9 Å². The van der Waals surface area contributed by atoms with Crippen molar-refractivity contribution in [3.05, 3.63) is 48.2 Å². The van der Waals surface area contributed by atoms with Crippen molar-refractivity contribution in [1.82, 2.24) is 14.9 Å². The molecule has 1 aromatic heterocycles. The summed E-state index contributed by atoms with van der Waals surface area (Å²) < 4.78 is 5.67. The quantitative estimate of drug-likeness (QED) is 0.559. The van der Waals surface area contributed by atoms with Crippen molar-refractivity contribution < 1.29 is 14.6 Å². The van der Waals surface area contributed by atoms with Crippen LogP contribution in [0.2, 0.25) is 0 Å². The lowest BCUT2D eigenvalue weighted by Gasteiger charge is -2.32. The summed E-state index contributed by atoms with van der Waals surface area (Å²) in [4.78, 5) is 24.0. The van der Waals surface area contributed by atoms with E-state index in [1.165, 1.54) is 4.90 Å².